The lowest BCUT2D eigenvalue weighted by atomic mass is 9.53. The van der Waals surface area contributed by atoms with Gasteiger partial charge in [-0.1, -0.05) is 0 Å². The predicted molar refractivity (Wildman–Crippen MR) is 123 cm³/mol. The van der Waals surface area contributed by atoms with Crippen LogP contribution in [0.15, 0.2) is 30.3 Å². The molecule has 4 fully saturated rings. The van der Waals surface area contributed by atoms with E-state index in [4.69, 9.17) is 4.74 Å². The number of halogens is 1. The first kappa shape index (κ1) is 20.8. The van der Waals surface area contributed by atoms with Crippen molar-refractivity contribution in [2.24, 2.45) is 17.8 Å². The highest BCUT2D eigenvalue weighted by atomic mass is 32.1. The normalized spacial score (nSPS) is 27.8. The molecule has 2 aromatic heterocycles. The molecule has 0 saturated heterocycles. The number of rotatable bonds is 5. The number of benzene rings is 1. The minimum absolute atomic E-state index is 0.0917. The maximum absolute atomic E-state index is 13.3. The monoisotopic (exact) mass is 467 g/mol. The van der Waals surface area contributed by atoms with E-state index < -0.39 is 5.97 Å². The summed E-state index contributed by atoms with van der Waals surface area (Å²) in [6.45, 7) is 1.60. The van der Waals surface area contributed by atoms with Crippen molar-refractivity contribution in [1.82, 2.24) is 15.1 Å². The standard InChI is InChI=1S/C25H26FN3O3S/c1-14-20-9-21(33-23(20)29(28-14)19-4-2-18(26)3-5-19)24(31)32-13-22(30)27-25-10-15-6-16(11-25)8-17(7-15)12-25/h2-5,9,15-17H,6-8,10-13H2,1H3,(H,27,30). The maximum atomic E-state index is 13.3. The lowest BCUT2D eigenvalue weighted by Crippen LogP contribution is -2.60. The van der Waals surface area contributed by atoms with Crippen LogP contribution in [0.2, 0.25) is 0 Å². The zero-order valence-corrected chi connectivity index (χ0v) is 19.3. The molecule has 4 aliphatic carbocycles. The molecule has 0 atom stereocenters. The largest absolute Gasteiger partial charge is 0.451 e. The highest BCUT2D eigenvalue weighted by Crippen LogP contribution is 2.55. The molecule has 33 heavy (non-hydrogen) atoms. The molecule has 0 unspecified atom stereocenters. The van der Waals surface area contributed by atoms with Gasteiger partial charge in [-0.25, -0.2) is 13.9 Å². The number of fused-ring (bicyclic) bond motifs is 1. The molecule has 0 spiro atoms. The third kappa shape index (κ3) is 3.74. The first-order valence-electron chi connectivity index (χ1n) is 11.6. The van der Waals surface area contributed by atoms with Crippen molar-refractivity contribution in [3.63, 3.8) is 0 Å². The summed E-state index contributed by atoms with van der Waals surface area (Å²) in [5.74, 6) is 1.17. The summed E-state index contributed by atoms with van der Waals surface area (Å²) in [6, 6.07) is 7.80. The molecule has 6 nitrogen and oxygen atoms in total. The van der Waals surface area contributed by atoms with Crippen LogP contribution in [0, 0.1) is 30.5 Å². The second-order valence-corrected chi connectivity index (χ2v) is 11.2. The van der Waals surface area contributed by atoms with Crippen LogP contribution in [-0.4, -0.2) is 33.8 Å². The molecule has 4 saturated carbocycles. The summed E-state index contributed by atoms with van der Waals surface area (Å²) in [5, 5.41) is 8.60. The van der Waals surface area contributed by atoms with Crippen molar-refractivity contribution in [1.29, 1.82) is 0 Å². The van der Waals surface area contributed by atoms with Gasteiger partial charge in [-0.15, -0.1) is 11.3 Å². The van der Waals surface area contributed by atoms with Crippen molar-refractivity contribution in [2.45, 2.75) is 51.0 Å². The molecule has 2 heterocycles. The Kier molecular flexibility index (Phi) is 4.83. The first-order valence-corrected chi connectivity index (χ1v) is 12.4. The molecular formula is C25H26FN3O3S. The molecule has 4 aliphatic rings. The lowest BCUT2D eigenvalue weighted by molar-refractivity contribution is -0.130. The Morgan fingerprint density at radius 2 is 1.79 bits per heavy atom. The number of carbonyl (C=O) groups excluding carboxylic acids is 2. The Balaban J connectivity index is 1.14. The lowest BCUT2D eigenvalue weighted by Gasteiger charge is -2.56. The number of ether oxygens (including phenoxy) is 1. The Morgan fingerprint density at radius 3 is 2.42 bits per heavy atom. The highest BCUT2D eigenvalue weighted by molar-refractivity contribution is 7.20. The van der Waals surface area contributed by atoms with Gasteiger partial charge >= 0.3 is 5.97 Å². The minimum atomic E-state index is -0.512. The van der Waals surface area contributed by atoms with Gasteiger partial charge in [0.2, 0.25) is 0 Å². The van der Waals surface area contributed by atoms with Crippen LogP contribution in [0.1, 0.15) is 53.9 Å². The molecule has 1 amide bonds. The number of amides is 1. The maximum Gasteiger partial charge on any atom is 0.348 e. The second-order valence-electron chi connectivity index (χ2n) is 10.1. The van der Waals surface area contributed by atoms with E-state index in [9.17, 15) is 14.0 Å². The molecule has 1 N–H and O–H groups in total. The van der Waals surface area contributed by atoms with Gasteiger partial charge in [0.25, 0.3) is 5.91 Å². The number of hydrogen-bond donors (Lipinski definition) is 1. The number of nitrogens with zero attached hydrogens (tertiary/aromatic N) is 2. The molecule has 0 aliphatic heterocycles. The van der Waals surface area contributed by atoms with Gasteiger partial charge in [0.05, 0.1) is 11.4 Å². The van der Waals surface area contributed by atoms with E-state index in [-0.39, 0.29) is 23.9 Å². The molecular weight excluding hydrogens is 441 g/mol. The number of thiophene rings is 1. The van der Waals surface area contributed by atoms with Crippen molar-refractivity contribution >= 4 is 33.4 Å². The smallest absolute Gasteiger partial charge is 0.348 e. The van der Waals surface area contributed by atoms with E-state index in [1.165, 1.54) is 42.7 Å². The van der Waals surface area contributed by atoms with Gasteiger partial charge < -0.3 is 10.1 Å². The van der Waals surface area contributed by atoms with Crippen LogP contribution >= 0.6 is 11.3 Å². The summed E-state index contributed by atoms with van der Waals surface area (Å²) in [5.41, 5.74) is 1.39. The quantitative estimate of drug-likeness (QED) is 0.549. The van der Waals surface area contributed by atoms with E-state index in [2.05, 4.69) is 10.4 Å². The van der Waals surface area contributed by atoms with Crippen molar-refractivity contribution < 1.29 is 18.7 Å². The third-order valence-electron chi connectivity index (χ3n) is 7.59. The topological polar surface area (TPSA) is 73.2 Å². The number of nitrogens with one attached hydrogen (secondary N) is 1. The molecule has 3 aromatic rings. The van der Waals surface area contributed by atoms with Gasteiger partial charge in [0, 0.05) is 10.9 Å². The fourth-order valence-electron chi connectivity index (χ4n) is 6.70. The number of carbonyl (C=O) groups is 2. The highest BCUT2D eigenvalue weighted by Gasteiger charge is 2.51. The van der Waals surface area contributed by atoms with E-state index in [1.54, 1.807) is 22.9 Å². The Morgan fingerprint density at radius 1 is 1.15 bits per heavy atom. The van der Waals surface area contributed by atoms with Gasteiger partial charge in [-0.05, 0) is 93.5 Å². The van der Waals surface area contributed by atoms with Gasteiger partial charge in [-0.2, -0.15) is 5.10 Å². The van der Waals surface area contributed by atoms with Gasteiger partial charge in [0.15, 0.2) is 6.61 Å². The first-order chi connectivity index (χ1) is 15.9. The SMILES string of the molecule is Cc1nn(-c2ccc(F)cc2)c2sc(C(=O)OCC(=O)NC34CC5CC(CC(C5)C3)C4)cc12. The fraction of sp³-hybridized carbons (Fsp3) is 0.480. The Hall–Kier alpha value is -2.74. The molecule has 8 heteroatoms. The van der Waals surface area contributed by atoms with Gasteiger partial charge in [-0.3, -0.25) is 4.79 Å². The molecule has 1 aromatic carbocycles. The summed E-state index contributed by atoms with van der Waals surface area (Å²) < 4.78 is 20.4. The third-order valence-corrected chi connectivity index (χ3v) is 8.68. The summed E-state index contributed by atoms with van der Waals surface area (Å²) in [4.78, 5) is 26.6. The molecule has 0 radical (unpaired) electrons. The molecule has 7 rings (SSSR count). The zero-order valence-electron chi connectivity index (χ0n) is 18.5. The Labute approximate surface area is 195 Å². The second kappa shape index (κ2) is 7.65. The Bertz CT molecular complexity index is 1210. The van der Waals surface area contributed by atoms with E-state index >= 15 is 0 Å². The number of esters is 1. The fourth-order valence-corrected chi connectivity index (χ4v) is 7.78. The van der Waals surface area contributed by atoms with Crippen molar-refractivity contribution in [3.8, 4) is 5.69 Å². The van der Waals surface area contributed by atoms with E-state index in [0.29, 0.717) is 10.6 Å². The van der Waals surface area contributed by atoms with Crippen LogP contribution in [0.25, 0.3) is 15.9 Å². The van der Waals surface area contributed by atoms with Crippen LogP contribution < -0.4 is 5.32 Å². The van der Waals surface area contributed by atoms with Crippen molar-refractivity contribution in [3.05, 3.63) is 46.7 Å². The minimum Gasteiger partial charge on any atom is -0.451 e. The van der Waals surface area contributed by atoms with Crippen LogP contribution in [0.5, 0.6) is 0 Å². The van der Waals surface area contributed by atoms with Crippen LogP contribution in [0.3, 0.4) is 0 Å². The summed E-state index contributed by atoms with van der Waals surface area (Å²) in [7, 11) is 0. The zero-order chi connectivity index (χ0) is 22.7. The van der Waals surface area contributed by atoms with Crippen LogP contribution in [-0.2, 0) is 9.53 Å². The number of aryl methyl sites for hydroxylation is 1. The predicted octanol–water partition coefficient (Wildman–Crippen LogP) is 4.78. The van der Waals surface area contributed by atoms with Crippen molar-refractivity contribution in [2.75, 3.05) is 6.61 Å². The van der Waals surface area contributed by atoms with E-state index in [0.717, 1.165) is 52.9 Å². The number of aromatic nitrogens is 2. The summed E-state index contributed by atoms with van der Waals surface area (Å²) >= 11 is 1.26. The molecule has 4 bridgehead atoms. The van der Waals surface area contributed by atoms with E-state index in [1.807, 2.05) is 6.92 Å². The average molecular weight is 468 g/mol. The average Bonchev–Trinajstić information content (AvgIpc) is 3.32. The summed E-state index contributed by atoms with van der Waals surface area (Å²) in [6.07, 6.45) is 7.12. The molecule has 172 valence electrons. The number of hydrogen-bond acceptors (Lipinski definition) is 5. The van der Waals surface area contributed by atoms with Gasteiger partial charge in [0.1, 0.15) is 15.5 Å². The van der Waals surface area contributed by atoms with Crippen LogP contribution in [0.4, 0.5) is 4.39 Å².